The van der Waals surface area contributed by atoms with Gasteiger partial charge in [0.1, 0.15) is 0 Å². The van der Waals surface area contributed by atoms with Crippen LogP contribution < -0.4 is 0 Å². The molecule has 0 saturated heterocycles. The van der Waals surface area contributed by atoms with E-state index in [1.54, 1.807) is 0 Å². The van der Waals surface area contributed by atoms with Crippen molar-refractivity contribution in [1.82, 2.24) is 0 Å². The molecule has 0 amide bonds. The Balaban J connectivity index is -0.000000364. The highest BCUT2D eigenvalue weighted by atomic mass is 79.9. The van der Waals surface area contributed by atoms with Crippen molar-refractivity contribution in [2.24, 2.45) is 0 Å². The van der Waals surface area contributed by atoms with E-state index >= 15 is 0 Å². The van der Waals surface area contributed by atoms with Crippen LogP contribution in [0.3, 0.4) is 0 Å². The Bertz CT molecular complexity index is 335. The Labute approximate surface area is 151 Å². The lowest BCUT2D eigenvalue weighted by molar-refractivity contribution is -0.322. The fourth-order valence-electron chi connectivity index (χ4n) is 0.731. The van der Waals surface area contributed by atoms with Crippen LogP contribution in [0, 0.1) is 0 Å². The molecule has 0 fully saturated rings. The number of alkyl halides is 13. The van der Waals surface area contributed by atoms with Crippen molar-refractivity contribution >= 4 is 15.9 Å². The van der Waals surface area contributed by atoms with Gasteiger partial charge in [0.15, 0.2) is 0 Å². The molecule has 0 aliphatic carbocycles. The minimum Gasteiger partial charge on any atom is -0.396 e. The number of hydrogen-bond donors (Lipinski definition) is 3. The monoisotopic (exact) mass is 504 g/mol. The smallest absolute Gasteiger partial charge is 0.396 e. The predicted octanol–water partition coefficient (Wildman–Crippen LogP) is 3.33. The summed E-state index contributed by atoms with van der Waals surface area (Å²) in [6.45, 7) is -1.67. The zero-order valence-corrected chi connectivity index (χ0v) is 14.2. The molecule has 0 atom stereocenters. The minimum absolute atomic E-state index is 0.236. The van der Waals surface area contributed by atoms with E-state index in [1.165, 1.54) is 0 Å². The lowest BCUT2D eigenvalue weighted by Crippen LogP contribution is -2.44. The van der Waals surface area contributed by atoms with Gasteiger partial charge in [-0.2, -0.15) is 52.7 Å². The largest absolute Gasteiger partial charge is 0.423 e. The van der Waals surface area contributed by atoms with Crippen LogP contribution in [0.5, 0.6) is 0 Å². The molecule has 0 aromatic carbocycles. The maximum Gasteiger partial charge on any atom is 0.423 e. The summed E-state index contributed by atoms with van der Waals surface area (Å²) in [5.41, 5.74) is 0. The molecular formula is C10H13BrF12O4. The molecule has 168 valence electrons. The molecular weight excluding hydrogens is 492 g/mol. The summed E-state index contributed by atoms with van der Waals surface area (Å²) in [4.78, 5) is 0. The van der Waals surface area contributed by atoms with E-state index in [9.17, 15) is 52.7 Å². The highest BCUT2D eigenvalue weighted by molar-refractivity contribution is 9.09. The number of aliphatic hydroxyl groups excluding tert-OH is 3. The van der Waals surface area contributed by atoms with E-state index in [0.717, 1.165) is 0 Å². The van der Waals surface area contributed by atoms with Gasteiger partial charge in [-0.25, -0.2) is 0 Å². The van der Waals surface area contributed by atoms with Crippen molar-refractivity contribution < 1.29 is 72.7 Å². The van der Waals surface area contributed by atoms with Crippen LogP contribution in [0.4, 0.5) is 52.7 Å². The number of hydrogen-bond acceptors (Lipinski definition) is 4. The van der Waals surface area contributed by atoms with Gasteiger partial charge >= 0.3 is 24.7 Å². The van der Waals surface area contributed by atoms with Crippen molar-refractivity contribution in [3.8, 4) is 0 Å². The molecule has 0 bridgehead atoms. The molecule has 0 heterocycles. The van der Waals surface area contributed by atoms with E-state index < -0.39 is 50.1 Å². The Morgan fingerprint density at radius 1 is 0.667 bits per heavy atom. The third-order valence-corrected chi connectivity index (χ3v) is 2.03. The molecule has 0 spiro atoms. The number of ether oxygens (including phenoxy) is 1. The van der Waals surface area contributed by atoms with Gasteiger partial charge in [0, 0.05) is 5.33 Å². The van der Waals surface area contributed by atoms with Gasteiger partial charge in [0.25, 0.3) is 0 Å². The fourth-order valence-corrected chi connectivity index (χ4v) is 0.731. The first-order chi connectivity index (χ1) is 11.8. The lowest BCUT2D eigenvalue weighted by Gasteiger charge is -2.22. The average molecular weight is 505 g/mol. The van der Waals surface area contributed by atoms with Crippen molar-refractivity contribution in [1.29, 1.82) is 0 Å². The average Bonchev–Trinajstić information content (AvgIpc) is 2.43. The Kier molecular flexibility index (Phi) is 14.8. The van der Waals surface area contributed by atoms with Crippen LogP contribution in [0.15, 0.2) is 0 Å². The fraction of sp³-hybridized carbons (Fsp3) is 1.00. The maximum atomic E-state index is 11.6. The quantitative estimate of drug-likeness (QED) is 0.406. The lowest BCUT2D eigenvalue weighted by atomic mass is 10.3. The second-order valence-corrected chi connectivity index (χ2v) is 4.75. The first-order valence-electron chi connectivity index (χ1n) is 6.10. The van der Waals surface area contributed by atoms with Gasteiger partial charge in [-0.15, -0.1) is 0 Å². The summed E-state index contributed by atoms with van der Waals surface area (Å²) in [5.74, 6) is 0. The summed E-state index contributed by atoms with van der Waals surface area (Å²) in [7, 11) is 0. The van der Waals surface area contributed by atoms with E-state index in [2.05, 4.69) is 20.7 Å². The number of rotatable bonds is 4. The van der Waals surface area contributed by atoms with E-state index in [0.29, 0.717) is 5.33 Å². The summed E-state index contributed by atoms with van der Waals surface area (Å²) in [5, 5.41) is 24.0. The van der Waals surface area contributed by atoms with Gasteiger partial charge in [-0.3, -0.25) is 0 Å². The van der Waals surface area contributed by atoms with Crippen molar-refractivity contribution in [3.63, 3.8) is 0 Å². The second kappa shape index (κ2) is 12.8. The van der Waals surface area contributed by atoms with E-state index in [1.807, 2.05) is 0 Å². The van der Waals surface area contributed by atoms with Crippen molar-refractivity contribution in [2.75, 3.05) is 25.2 Å². The zero-order chi connectivity index (χ0) is 22.7. The molecule has 0 rings (SSSR count). The van der Waals surface area contributed by atoms with Gasteiger partial charge < -0.3 is 20.1 Å². The van der Waals surface area contributed by atoms with Gasteiger partial charge in [-0.05, 0) is 0 Å². The minimum atomic E-state index is -5.63. The van der Waals surface area contributed by atoms with Crippen LogP contribution in [0.25, 0.3) is 0 Å². The Hall–Kier alpha value is -0.520. The highest BCUT2D eigenvalue weighted by Gasteiger charge is 2.58. The third-order valence-electron chi connectivity index (χ3n) is 1.68. The molecule has 0 saturated carbocycles. The van der Waals surface area contributed by atoms with Crippen LogP contribution in [0.2, 0.25) is 0 Å². The first kappa shape index (κ1) is 31.2. The third kappa shape index (κ3) is 17.3. The summed E-state index contributed by atoms with van der Waals surface area (Å²) < 4.78 is 139. The van der Waals surface area contributed by atoms with E-state index in [4.69, 9.17) is 15.3 Å². The van der Waals surface area contributed by atoms with E-state index in [-0.39, 0.29) is 6.61 Å². The Morgan fingerprint density at radius 2 is 0.963 bits per heavy atom. The van der Waals surface area contributed by atoms with Crippen molar-refractivity contribution in [2.45, 2.75) is 36.9 Å². The van der Waals surface area contributed by atoms with Crippen LogP contribution in [-0.2, 0) is 4.74 Å². The van der Waals surface area contributed by atoms with Gasteiger partial charge in [0.2, 0.25) is 12.2 Å². The SMILES string of the molecule is OC(C(F)(F)F)C(F)(F)F.OCCBr.OCCOC(C(F)(F)F)C(F)(F)F. The molecule has 0 radical (unpaired) electrons. The zero-order valence-electron chi connectivity index (χ0n) is 12.6. The normalized spacial score (nSPS) is 13.1. The van der Waals surface area contributed by atoms with Crippen LogP contribution in [-0.4, -0.2) is 77.4 Å². The molecule has 3 N–H and O–H groups in total. The van der Waals surface area contributed by atoms with Gasteiger partial charge in [0.05, 0.1) is 19.8 Å². The number of aliphatic hydroxyl groups is 3. The molecule has 0 aliphatic heterocycles. The van der Waals surface area contributed by atoms with Crippen LogP contribution in [0.1, 0.15) is 0 Å². The summed E-state index contributed by atoms with van der Waals surface area (Å²) in [6.07, 6.45) is -30.3. The standard InChI is InChI=1S/C5H6F6O2.C3H2F6O.C2H5BrO/c6-4(7,8)3(5(9,10)11)13-2-1-12;4-2(5,6)1(10)3(7,8)9;3-1-2-4/h3,12H,1-2H2;1,10H;4H,1-2H2. The summed E-state index contributed by atoms with van der Waals surface area (Å²) in [6, 6.07) is 0. The second-order valence-electron chi connectivity index (χ2n) is 3.96. The first-order valence-corrected chi connectivity index (χ1v) is 7.23. The predicted molar refractivity (Wildman–Crippen MR) is 67.9 cm³/mol. The van der Waals surface area contributed by atoms with Crippen molar-refractivity contribution in [3.05, 3.63) is 0 Å². The van der Waals surface area contributed by atoms with Gasteiger partial charge in [-0.1, -0.05) is 15.9 Å². The maximum absolute atomic E-state index is 11.6. The number of halogens is 13. The van der Waals surface area contributed by atoms with Crippen LogP contribution >= 0.6 is 15.9 Å². The molecule has 0 aliphatic rings. The molecule has 4 nitrogen and oxygen atoms in total. The highest BCUT2D eigenvalue weighted by Crippen LogP contribution is 2.35. The molecule has 0 aromatic rings. The molecule has 0 aromatic heterocycles. The molecule has 17 heteroatoms. The Morgan fingerprint density at radius 3 is 1.07 bits per heavy atom. The summed E-state index contributed by atoms with van der Waals surface area (Å²) >= 11 is 3.00. The molecule has 0 unspecified atom stereocenters. The topological polar surface area (TPSA) is 69.9 Å². The molecule has 27 heavy (non-hydrogen) atoms.